The second kappa shape index (κ2) is 17.6. The summed E-state index contributed by atoms with van der Waals surface area (Å²) < 4.78 is 68.1. The molecule has 0 aromatic carbocycles. The van der Waals surface area contributed by atoms with E-state index in [1.54, 1.807) is 0 Å². The molecule has 10 rings (SSSR count). The molecule has 0 bridgehead atoms. The largest absolute Gasteiger partial charge is 0.459 e. The van der Waals surface area contributed by atoms with Crippen LogP contribution in [-0.2, 0) is 57.0 Å². The number of carbonyl (C=O) groups is 2. The minimum absolute atomic E-state index is 0.0861. The van der Waals surface area contributed by atoms with E-state index in [1.807, 2.05) is 0 Å². The molecule has 8 fully saturated rings. The number of fused-ring (bicyclic) bond motifs is 9. The van der Waals surface area contributed by atoms with Gasteiger partial charge in [-0.05, 0) is 89.0 Å². The van der Waals surface area contributed by atoms with Crippen molar-refractivity contribution >= 4 is 12.3 Å². The van der Waals surface area contributed by atoms with E-state index in [4.69, 9.17) is 47.4 Å². The van der Waals surface area contributed by atoms with Gasteiger partial charge in [-0.25, -0.2) is 0 Å². The first-order valence-corrected chi connectivity index (χ1v) is 24.1. The smallest absolute Gasteiger partial charge is 0.308 e. The molecule has 0 spiro atoms. The van der Waals surface area contributed by atoms with Crippen LogP contribution in [0.2, 0.25) is 0 Å². The highest BCUT2D eigenvalue weighted by Crippen LogP contribution is 2.48. The maximum Gasteiger partial charge on any atom is 0.308 e. The van der Waals surface area contributed by atoms with Gasteiger partial charge in [-0.2, -0.15) is 0 Å². The molecule has 0 amide bonds. The van der Waals surface area contributed by atoms with Crippen molar-refractivity contribution < 1.29 is 62.1 Å². The Bertz CT molecular complexity index is 1720. The zero-order valence-corrected chi connectivity index (χ0v) is 37.1. The predicted octanol–water partition coefficient (Wildman–Crippen LogP) is 5.95. The van der Waals surface area contributed by atoms with Gasteiger partial charge in [-0.15, -0.1) is 0 Å². The SMILES string of the molecule is C=C(C=O)C[C@@H]1C[C@H](O)[C@@H]2O[C@@H]3C[C@]4(C)O[C@@H]5C=CC[C@@H]6O[C@H]7[C@H](C/C=C\C[C@H]6OC5CCCC4OC3CC2O1)O[C@@H]1C[C@@H]2O[C@@H]3CC(=O)O[C@H]3C[C@@H](C)C[C@@]2(C)O[C@H]1C[C@@H]7C. The minimum Gasteiger partial charge on any atom is -0.459 e. The molecule has 4 unspecified atom stereocenters. The first-order chi connectivity index (χ1) is 29.8. The van der Waals surface area contributed by atoms with Crippen LogP contribution in [0.1, 0.15) is 124 Å². The number of hydrogen-bond acceptors (Lipinski definition) is 13. The molecule has 10 heterocycles. The molecular formula is C49H70O13. The summed E-state index contributed by atoms with van der Waals surface area (Å²) in [5.74, 6) is 0.336. The van der Waals surface area contributed by atoms with Crippen molar-refractivity contribution in [3.63, 3.8) is 0 Å². The molecule has 62 heavy (non-hydrogen) atoms. The molecule has 0 radical (unpaired) electrons. The van der Waals surface area contributed by atoms with E-state index < -0.39 is 23.4 Å². The average Bonchev–Trinajstić information content (AvgIpc) is 3.52. The molecule has 10 aliphatic heterocycles. The quantitative estimate of drug-likeness (QED) is 0.155. The normalized spacial score (nSPS) is 53.3. The number of aliphatic hydroxyl groups is 1. The Morgan fingerprint density at radius 2 is 1.42 bits per heavy atom. The fourth-order valence-electron chi connectivity index (χ4n) is 13.2. The van der Waals surface area contributed by atoms with Crippen LogP contribution in [0.25, 0.3) is 0 Å². The van der Waals surface area contributed by atoms with Crippen LogP contribution in [0.3, 0.4) is 0 Å². The van der Waals surface area contributed by atoms with Gasteiger partial charge in [-0.1, -0.05) is 44.7 Å². The van der Waals surface area contributed by atoms with Gasteiger partial charge in [0.05, 0.1) is 103 Å². The topological polar surface area (TPSA) is 147 Å². The molecule has 344 valence electrons. The highest BCUT2D eigenvalue weighted by molar-refractivity contribution is 5.72. The summed E-state index contributed by atoms with van der Waals surface area (Å²) in [5, 5.41) is 11.2. The Hall–Kier alpha value is -2.04. The van der Waals surface area contributed by atoms with Gasteiger partial charge in [0, 0.05) is 32.1 Å². The second-order valence-electron chi connectivity index (χ2n) is 21.2. The highest BCUT2D eigenvalue weighted by atomic mass is 16.6. The number of rotatable bonds is 3. The molecular weight excluding hydrogens is 797 g/mol. The Morgan fingerprint density at radius 1 is 0.694 bits per heavy atom. The van der Waals surface area contributed by atoms with Crippen molar-refractivity contribution in [2.45, 2.75) is 245 Å². The third kappa shape index (κ3) is 8.71. The van der Waals surface area contributed by atoms with Crippen LogP contribution in [0.5, 0.6) is 0 Å². The monoisotopic (exact) mass is 866 g/mol. The summed E-state index contributed by atoms with van der Waals surface area (Å²) in [6.07, 6.45) is 15.7. The zero-order valence-electron chi connectivity index (χ0n) is 37.1. The molecule has 0 aliphatic carbocycles. The number of esters is 1. The molecule has 22 atom stereocenters. The maximum atomic E-state index is 12.3. The van der Waals surface area contributed by atoms with Gasteiger partial charge in [0.2, 0.25) is 0 Å². The lowest BCUT2D eigenvalue weighted by Crippen LogP contribution is -2.65. The predicted molar refractivity (Wildman–Crippen MR) is 224 cm³/mol. The lowest BCUT2D eigenvalue weighted by Gasteiger charge is -2.55. The summed E-state index contributed by atoms with van der Waals surface area (Å²) >= 11 is 0. The Morgan fingerprint density at radius 3 is 2.26 bits per heavy atom. The number of carbonyl (C=O) groups excluding carboxylic acids is 2. The molecule has 0 aromatic rings. The van der Waals surface area contributed by atoms with E-state index in [0.29, 0.717) is 56.4 Å². The summed E-state index contributed by atoms with van der Waals surface area (Å²) in [7, 11) is 0. The first kappa shape index (κ1) is 43.8. The Balaban J connectivity index is 0.817. The van der Waals surface area contributed by atoms with Crippen molar-refractivity contribution in [1.29, 1.82) is 0 Å². The Kier molecular flexibility index (Phi) is 12.5. The van der Waals surface area contributed by atoms with Gasteiger partial charge in [0.15, 0.2) is 0 Å². The molecule has 13 nitrogen and oxygen atoms in total. The molecule has 0 saturated carbocycles. The molecule has 10 aliphatic rings. The molecule has 0 aromatic heterocycles. The third-order valence-corrected chi connectivity index (χ3v) is 16.2. The van der Waals surface area contributed by atoms with Crippen molar-refractivity contribution in [2.75, 3.05) is 0 Å². The van der Waals surface area contributed by atoms with Crippen molar-refractivity contribution in [1.82, 2.24) is 0 Å². The van der Waals surface area contributed by atoms with E-state index in [9.17, 15) is 14.7 Å². The number of ether oxygens (including phenoxy) is 10. The molecule has 1 N–H and O–H groups in total. The molecule has 8 saturated heterocycles. The van der Waals surface area contributed by atoms with Crippen molar-refractivity contribution in [2.24, 2.45) is 11.8 Å². The Labute approximate surface area is 366 Å². The minimum atomic E-state index is -0.697. The average molecular weight is 867 g/mol. The van der Waals surface area contributed by atoms with Crippen molar-refractivity contribution in [3.05, 3.63) is 36.5 Å². The maximum absolute atomic E-state index is 12.3. The van der Waals surface area contributed by atoms with Crippen LogP contribution in [0, 0.1) is 11.8 Å². The summed E-state index contributed by atoms with van der Waals surface area (Å²) in [6, 6.07) is 0. The molecule has 13 heteroatoms. The van der Waals surface area contributed by atoms with E-state index in [-0.39, 0.29) is 110 Å². The van der Waals surface area contributed by atoms with E-state index in [0.717, 1.165) is 57.7 Å². The van der Waals surface area contributed by atoms with Gasteiger partial charge >= 0.3 is 5.97 Å². The van der Waals surface area contributed by atoms with Crippen LogP contribution in [0.15, 0.2) is 36.5 Å². The van der Waals surface area contributed by atoms with Gasteiger partial charge in [0.1, 0.15) is 30.7 Å². The van der Waals surface area contributed by atoms with Gasteiger partial charge < -0.3 is 52.5 Å². The van der Waals surface area contributed by atoms with Crippen LogP contribution in [-0.4, -0.2) is 138 Å². The zero-order chi connectivity index (χ0) is 42.9. The number of aliphatic hydroxyl groups excluding tert-OH is 1. The van der Waals surface area contributed by atoms with Crippen LogP contribution in [0.4, 0.5) is 0 Å². The fraction of sp³-hybridized carbons (Fsp3) is 0.837. The number of aldehydes is 1. The lowest BCUT2D eigenvalue weighted by molar-refractivity contribution is -0.316. The van der Waals surface area contributed by atoms with Gasteiger partial charge in [0.25, 0.3) is 0 Å². The first-order valence-electron chi connectivity index (χ1n) is 24.1. The standard InChI is InChI=1S/C49H70O13/c1-26-17-36-39(22-45(52)58-36)57-44-21-38-40(62-48(44,4)23-26)18-28(3)46-35(55-38)11-7-6-10-31-32(59-46)12-8-14-34-33(54-31)13-9-15-43-49(5,61-34)24-42-37(56-43)20-41-47(60-42)30(51)19-29(53-41)16-27(2)25-50/h6-8,14,25-26,28-44,46-47,51H,2,9-13,15-24H2,1,3-5H3/b7-6-,14-8?/t26-,28+,29-,30+,31-,32+,33?,34-,35+,36+,37?,38-,39-,40+,41?,42-,43?,44+,46-,47+,48-,49+/m1/s1. The van der Waals surface area contributed by atoms with E-state index in [1.165, 1.54) is 0 Å². The summed E-state index contributed by atoms with van der Waals surface area (Å²) in [5.41, 5.74) is -0.638. The summed E-state index contributed by atoms with van der Waals surface area (Å²) in [4.78, 5) is 23.6. The fourth-order valence-corrected chi connectivity index (χ4v) is 13.2. The van der Waals surface area contributed by atoms with Crippen molar-refractivity contribution in [3.8, 4) is 0 Å². The highest BCUT2D eigenvalue weighted by Gasteiger charge is 2.57. The number of hydrogen-bond donors (Lipinski definition) is 1. The third-order valence-electron chi connectivity index (χ3n) is 16.2. The lowest BCUT2D eigenvalue weighted by atomic mass is 9.78. The second-order valence-corrected chi connectivity index (χ2v) is 21.2. The van der Waals surface area contributed by atoms with E-state index >= 15 is 0 Å². The summed E-state index contributed by atoms with van der Waals surface area (Å²) in [6.45, 7) is 12.7. The van der Waals surface area contributed by atoms with E-state index in [2.05, 4.69) is 58.6 Å². The van der Waals surface area contributed by atoms with Gasteiger partial charge in [-0.3, -0.25) is 9.59 Å². The van der Waals surface area contributed by atoms with Crippen LogP contribution < -0.4 is 0 Å². The van der Waals surface area contributed by atoms with Crippen LogP contribution >= 0.6 is 0 Å².